The van der Waals surface area contributed by atoms with E-state index in [1.54, 1.807) is 0 Å². The van der Waals surface area contributed by atoms with Crippen LogP contribution in [-0.2, 0) is 4.74 Å². The Kier molecular flexibility index (Phi) is 5.63. The molecule has 1 heterocycles. The van der Waals surface area contributed by atoms with Crippen molar-refractivity contribution in [3.63, 3.8) is 0 Å². The minimum Gasteiger partial charge on any atom is -0.494 e. The Morgan fingerprint density at radius 1 is 1.37 bits per heavy atom. The van der Waals surface area contributed by atoms with Crippen LogP contribution < -0.4 is 16.0 Å². The summed E-state index contributed by atoms with van der Waals surface area (Å²) in [7, 11) is 0. The maximum absolute atomic E-state index is 5.75. The molecule has 1 aliphatic heterocycles. The van der Waals surface area contributed by atoms with Crippen molar-refractivity contribution in [2.75, 3.05) is 19.8 Å². The van der Waals surface area contributed by atoms with Crippen molar-refractivity contribution in [3.8, 4) is 5.75 Å². The third-order valence-electron chi connectivity index (χ3n) is 3.71. The van der Waals surface area contributed by atoms with Gasteiger partial charge in [-0.15, -0.1) is 0 Å². The van der Waals surface area contributed by atoms with E-state index in [0.29, 0.717) is 12.5 Å². The number of para-hydroxylation sites is 1. The molecule has 3 N–H and O–H groups in total. The summed E-state index contributed by atoms with van der Waals surface area (Å²) >= 11 is 0. The number of benzene rings is 1. The number of hydrogen-bond acceptors (Lipinski definition) is 4. The molecule has 0 bridgehead atoms. The second-order valence-electron chi connectivity index (χ2n) is 4.98. The smallest absolute Gasteiger partial charge is 0.124 e. The largest absolute Gasteiger partial charge is 0.494 e. The van der Waals surface area contributed by atoms with Crippen LogP contribution >= 0.6 is 0 Å². The number of ether oxygens (including phenoxy) is 2. The highest BCUT2D eigenvalue weighted by molar-refractivity contribution is 5.35. The first-order chi connectivity index (χ1) is 9.35. The van der Waals surface area contributed by atoms with Crippen LogP contribution in [0, 0.1) is 5.92 Å². The quantitative estimate of drug-likeness (QED) is 0.612. The first-order valence-electron chi connectivity index (χ1n) is 7.10. The van der Waals surface area contributed by atoms with E-state index in [1.807, 2.05) is 25.1 Å². The Morgan fingerprint density at radius 2 is 2.11 bits per heavy atom. The summed E-state index contributed by atoms with van der Waals surface area (Å²) in [5.74, 6) is 7.35. The van der Waals surface area contributed by atoms with Crippen LogP contribution in [-0.4, -0.2) is 19.8 Å². The van der Waals surface area contributed by atoms with Gasteiger partial charge in [-0.3, -0.25) is 11.3 Å². The fourth-order valence-corrected chi connectivity index (χ4v) is 2.66. The second kappa shape index (κ2) is 7.48. The summed E-state index contributed by atoms with van der Waals surface area (Å²) in [5.41, 5.74) is 4.09. The van der Waals surface area contributed by atoms with Gasteiger partial charge in [0.05, 0.1) is 6.61 Å². The van der Waals surface area contributed by atoms with Crippen molar-refractivity contribution < 1.29 is 9.47 Å². The SMILES string of the molecule is CCOc1ccccc1C(CC1CCOCC1)NN. The van der Waals surface area contributed by atoms with E-state index in [4.69, 9.17) is 15.3 Å². The van der Waals surface area contributed by atoms with Crippen LogP contribution in [0.4, 0.5) is 0 Å². The van der Waals surface area contributed by atoms with Crippen LogP contribution in [0.1, 0.15) is 37.8 Å². The average molecular weight is 264 g/mol. The lowest BCUT2D eigenvalue weighted by Gasteiger charge is -2.27. The molecule has 0 aliphatic carbocycles. The van der Waals surface area contributed by atoms with Crippen molar-refractivity contribution in [2.24, 2.45) is 11.8 Å². The molecule has 2 rings (SSSR count). The maximum atomic E-state index is 5.75. The van der Waals surface area contributed by atoms with Crippen LogP contribution in [0.15, 0.2) is 24.3 Å². The van der Waals surface area contributed by atoms with Crippen molar-refractivity contribution in [3.05, 3.63) is 29.8 Å². The van der Waals surface area contributed by atoms with E-state index < -0.39 is 0 Å². The van der Waals surface area contributed by atoms with Gasteiger partial charge < -0.3 is 9.47 Å². The molecule has 1 aromatic rings. The molecule has 1 fully saturated rings. The first kappa shape index (κ1) is 14.3. The molecule has 4 nitrogen and oxygen atoms in total. The molecule has 0 amide bonds. The zero-order chi connectivity index (χ0) is 13.5. The van der Waals surface area contributed by atoms with E-state index in [2.05, 4.69) is 11.5 Å². The Balaban J connectivity index is 2.07. The van der Waals surface area contributed by atoms with Gasteiger partial charge >= 0.3 is 0 Å². The summed E-state index contributed by atoms with van der Waals surface area (Å²) in [6.45, 7) is 4.41. The van der Waals surface area contributed by atoms with Gasteiger partial charge in [0.1, 0.15) is 5.75 Å². The number of nitrogens with two attached hydrogens (primary N) is 1. The number of hydrazine groups is 1. The number of hydrogen-bond donors (Lipinski definition) is 2. The van der Waals surface area contributed by atoms with Gasteiger partial charge in [0.15, 0.2) is 0 Å². The molecule has 1 aliphatic rings. The van der Waals surface area contributed by atoms with Crippen molar-refractivity contribution in [1.82, 2.24) is 5.43 Å². The highest BCUT2D eigenvalue weighted by atomic mass is 16.5. The van der Waals surface area contributed by atoms with Crippen molar-refractivity contribution in [1.29, 1.82) is 0 Å². The minimum atomic E-state index is 0.144. The van der Waals surface area contributed by atoms with E-state index in [9.17, 15) is 0 Å². The average Bonchev–Trinajstić information content (AvgIpc) is 2.47. The molecule has 106 valence electrons. The Hall–Kier alpha value is -1.10. The highest BCUT2D eigenvalue weighted by Crippen LogP contribution is 2.32. The van der Waals surface area contributed by atoms with E-state index in [1.165, 1.54) is 0 Å². The van der Waals surface area contributed by atoms with Gasteiger partial charge in [0.2, 0.25) is 0 Å². The fraction of sp³-hybridized carbons (Fsp3) is 0.600. The summed E-state index contributed by atoms with van der Waals surface area (Å²) < 4.78 is 11.1. The van der Waals surface area contributed by atoms with Gasteiger partial charge in [-0.05, 0) is 38.2 Å². The van der Waals surface area contributed by atoms with Crippen molar-refractivity contribution >= 4 is 0 Å². The molecule has 1 saturated heterocycles. The summed E-state index contributed by atoms with van der Waals surface area (Å²) in [4.78, 5) is 0. The lowest BCUT2D eigenvalue weighted by molar-refractivity contribution is 0.0604. The summed E-state index contributed by atoms with van der Waals surface area (Å²) in [5, 5.41) is 0. The summed E-state index contributed by atoms with van der Waals surface area (Å²) in [6.07, 6.45) is 3.27. The molecule has 1 aromatic carbocycles. The molecule has 1 unspecified atom stereocenters. The molecule has 19 heavy (non-hydrogen) atoms. The number of rotatable bonds is 6. The van der Waals surface area contributed by atoms with Crippen LogP contribution in [0.5, 0.6) is 5.75 Å². The normalized spacial score (nSPS) is 18.2. The van der Waals surface area contributed by atoms with E-state index in [-0.39, 0.29) is 6.04 Å². The molecule has 4 heteroatoms. The molecule has 1 atom stereocenters. The Bertz CT molecular complexity index is 378. The lowest BCUT2D eigenvalue weighted by atomic mass is 9.89. The molecule has 0 saturated carbocycles. The topological polar surface area (TPSA) is 56.5 Å². The lowest BCUT2D eigenvalue weighted by Crippen LogP contribution is -2.31. The van der Waals surface area contributed by atoms with Crippen molar-refractivity contribution in [2.45, 2.75) is 32.2 Å². The van der Waals surface area contributed by atoms with Gasteiger partial charge in [0.25, 0.3) is 0 Å². The monoisotopic (exact) mass is 264 g/mol. The zero-order valence-corrected chi connectivity index (χ0v) is 11.6. The third-order valence-corrected chi connectivity index (χ3v) is 3.71. The summed E-state index contributed by atoms with van der Waals surface area (Å²) in [6, 6.07) is 8.27. The van der Waals surface area contributed by atoms with Gasteiger partial charge in [-0.2, -0.15) is 0 Å². The predicted octanol–water partition coefficient (Wildman–Crippen LogP) is 2.41. The third kappa shape index (κ3) is 3.93. The molecular weight excluding hydrogens is 240 g/mol. The fourth-order valence-electron chi connectivity index (χ4n) is 2.66. The number of nitrogens with one attached hydrogen (secondary N) is 1. The maximum Gasteiger partial charge on any atom is 0.124 e. The highest BCUT2D eigenvalue weighted by Gasteiger charge is 2.21. The molecule has 0 spiro atoms. The molecular formula is C15H24N2O2. The van der Waals surface area contributed by atoms with Gasteiger partial charge in [-0.1, -0.05) is 18.2 Å². The predicted molar refractivity (Wildman–Crippen MR) is 75.8 cm³/mol. The van der Waals surface area contributed by atoms with Crippen LogP contribution in [0.2, 0.25) is 0 Å². The van der Waals surface area contributed by atoms with Gasteiger partial charge in [0, 0.05) is 24.8 Å². The molecule has 0 radical (unpaired) electrons. The van der Waals surface area contributed by atoms with Crippen LogP contribution in [0.25, 0.3) is 0 Å². The van der Waals surface area contributed by atoms with E-state index >= 15 is 0 Å². The Labute approximate surface area is 115 Å². The van der Waals surface area contributed by atoms with Gasteiger partial charge in [-0.25, -0.2) is 0 Å². The minimum absolute atomic E-state index is 0.144. The second-order valence-corrected chi connectivity index (χ2v) is 4.98. The first-order valence-corrected chi connectivity index (χ1v) is 7.10. The standard InChI is InChI=1S/C15H24N2O2/c1-2-19-15-6-4-3-5-13(15)14(17-16)11-12-7-9-18-10-8-12/h3-6,12,14,17H,2,7-11,16H2,1H3. The van der Waals surface area contributed by atoms with Crippen LogP contribution in [0.3, 0.4) is 0 Å². The molecule has 0 aromatic heterocycles. The zero-order valence-electron chi connectivity index (χ0n) is 11.6. The van der Waals surface area contributed by atoms with E-state index in [0.717, 1.165) is 43.8 Å². The Morgan fingerprint density at radius 3 is 2.79 bits per heavy atom.